The maximum atomic E-state index is 13.7. The van der Waals surface area contributed by atoms with E-state index in [-0.39, 0.29) is 12.0 Å². The van der Waals surface area contributed by atoms with E-state index in [1.54, 1.807) is 13.0 Å². The molecule has 5 nitrogen and oxygen atoms in total. The number of hydrogen-bond acceptors (Lipinski definition) is 4. The van der Waals surface area contributed by atoms with Gasteiger partial charge in [-0.25, -0.2) is 19.3 Å². The molecule has 1 aromatic carbocycles. The first-order valence-electron chi connectivity index (χ1n) is 7.47. The molecule has 2 aromatic heterocycles. The number of rotatable bonds is 3. The summed E-state index contributed by atoms with van der Waals surface area (Å²) in [5, 5.41) is 0. The van der Waals surface area contributed by atoms with Crippen molar-refractivity contribution in [2.24, 2.45) is 0 Å². The smallest absolute Gasteiger partial charge is 0.311 e. The molecule has 0 atom stereocenters. The highest BCUT2D eigenvalue weighted by Gasteiger charge is 2.33. The van der Waals surface area contributed by atoms with Gasteiger partial charge >= 0.3 is 6.18 Å². The lowest BCUT2D eigenvalue weighted by Crippen LogP contribution is -2.09. The van der Waals surface area contributed by atoms with Gasteiger partial charge in [0.05, 0.1) is 17.0 Å². The van der Waals surface area contributed by atoms with Crippen molar-refractivity contribution in [3.8, 4) is 11.4 Å². The number of aryl methyl sites for hydroxylation is 1. The van der Waals surface area contributed by atoms with Crippen LogP contribution in [0.15, 0.2) is 41.5 Å². The predicted molar refractivity (Wildman–Crippen MR) is 84.8 cm³/mol. The molecule has 0 aliphatic heterocycles. The van der Waals surface area contributed by atoms with Gasteiger partial charge in [-0.2, -0.15) is 13.2 Å². The topological polar surface area (TPSA) is 71.5 Å². The van der Waals surface area contributed by atoms with Crippen molar-refractivity contribution in [1.29, 1.82) is 0 Å². The van der Waals surface area contributed by atoms with Crippen LogP contribution in [0.2, 0.25) is 0 Å². The molecule has 0 spiro atoms. The Morgan fingerprint density at radius 3 is 2.50 bits per heavy atom. The largest absolute Gasteiger partial charge is 0.419 e. The van der Waals surface area contributed by atoms with E-state index in [2.05, 4.69) is 19.9 Å². The zero-order valence-electron chi connectivity index (χ0n) is 13.4. The van der Waals surface area contributed by atoms with E-state index >= 15 is 0 Å². The Labute approximate surface area is 144 Å². The van der Waals surface area contributed by atoms with Gasteiger partial charge in [-0.3, -0.25) is 4.79 Å². The standard InChI is InChI=1S/C17H12F4N4O/c1-9-24-15(7-16(26)25-9)14-6-11(22-8-23-14)4-10-2-3-12(13(18)5-10)17(19,20)21/h2-3,5-8H,4H2,1H3,(H,24,25,26). The Bertz CT molecular complexity index is 1010. The third kappa shape index (κ3) is 3.93. The molecule has 1 N–H and O–H groups in total. The molecule has 3 aromatic rings. The van der Waals surface area contributed by atoms with Crippen LogP contribution in [0.4, 0.5) is 17.6 Å². The van der Waals surface area contributed by atoms with E-state index in [0.717, 1.165) is 6.07 Å². The second kappa shape index (κ2) is 6.66. The Hall–Kier alpha value is -3.10. The number of alkyl halides is 3. The summed E-state index contributed by atoms with van der Waals surface area (Å²) in [6.45, 7) is 1.62. The van der Waals surface area contributed by atoms with Crippen molar-refractivity contribution in [1.82, 2.24) is 19.9 Å². The van der Waals surface area contributed by atoms with E-state index in [1.165, 1.54) is 18.5 Å². The van der Waals surface area contributed by atoms with Gasteiger partial charge in [-0.15, -0.1) is 0 Å². The summed E-state index contributed by atoms with van der Waals surface area (Å²) >= 11 is 0. The third-order valence-corrected chi connectivity index (χ3v) is 3.57. The highest BCUT2D eigenvalue weighted by atomic mass is 19.4. The summed E-state index contributed by atoms with van der Waals surface area (Å²) in [6.07, 6.45) is -3.38. The summed E-state index contributed by atoms with van der Waals surface area (Å²) < 4.78 is 51.5. The van der Waals surface area contributed by atoms with Crippen LogP contribution in [-0.2, 0) is 12.6 Å². The van der Waals surface area contributed by atoms with Gasteiger partial charge in [0.2, 0.25) is 0 Å². The zero-order valence-corrected chi connectivity index (χ0v) is 13.4. The Morgan fingerprint density at radius 2 is 1.85 bits per heavy atom. The maximum Gasteiger partial charge on any atom is 0.419 e. The molecule has 3 rings (SSSR count). The van der Waals surface area contributed by atoms with E-state index in [9.17, 15) is 22.4 Å². The van der Waals surface area contributed by atoms with Crippen LogP contribution in [0.3, 0.4) is 0 Å². The van der Waals surface area contributed by atoms with Crippen molar-refractivity contribution in [3.63, 3.8) is 0 Å². The van der Waals surface area contributed by atoms with Crippen LogP contribution < -0.4 is 5.56 Å². The number of benzene rings is 1. The highest BCUT2D eigenvalue weighted by molar-refractivity contribution is 5.53. The fraction of sp³-hybridized carbons (Fsp3) is 0.176. The molecule has 9 heteroatoms. The van der Waals surface area contributed by atoms with Crippen LogP contribution in [-0.4, -0.2) is 19.9 Å². The van der Waals surface area contributed by atoms with Crippen molar-refractivity contribution < 1.29 is 17.6 Å². The number of hydrogen-bond donors (Lipinski definition) is 1. The summed E-state index contributed by atoms with van der Waals surface area (Å²) in [5.41, 5.74) is -0.139. The first-order valence-corrected chi connectivity index (χ1v) is 7.47. The van der Waals surface area contributed by atoms with Gasteiger partial charge in [0.1, 0.15) is 18.0 Å². The maximum absolute atomic E-state index is 13.7. The van der Waals surface area contributed by atoms with Crippen LogP contribution in [0.1, 0.15) is 22.6 Å². The van der Waals surface area contributed by atoms with Crippen LogP contribution in [0.5, 0.6) is 0 Å². The lowest BCUT2D eigenvalue weighted by atomic mass is 10.1. The Balaban J connectivity index is 1.90. The third-order valence-electron chi connectivity index (χ3n) is 3.57. The molecule has 0 bridgehead atoms. The molecule has 0 amide bonds. The average molecular weight is 364 g/mol. The SMILES string of the molecule is Cc1nc(-c2cc(Cc3ccc(C(F)(F)F)c(F)c3)ncn2)cc(=O)[nH]1. The average Bonchev–Trinajstić information content (AvgIpc) is 2.53. The molecule has 26 heavy (non-hydrogen) atoms. The van der Waals surface area contributed by atoms with Gasteiger partial charge < -0.3 is 4.98 Å². The summed E-state index contributed by atoms with van der Waals surface area (Å²) in [5.74, 6) is -0.923. The predicted octanol–water partition coefficient (Wildman–Crippen LogP) is 3.28. The summed E-state index contributed by atoms with van der Waals surface area (Å²) in [7, 11) is 0. The number of aromatic nitrogens is 4. The van der Waals surface area contributed by atoms with Crippen molar-refractivity contribution >= 4 is 0 Å². The number of nitrogens with zero attached hydrogens (tertiary/aromatic N) is 3. The Kier molecular flexibility index (Phi) is 4.54. The molecule has 0 saturated heterocycles. The molecular weight excluding hydrogens is 352 g/mol. The second-order valence-electron chi connectivity index (χ2n) is 5.60. The van der Waals surface area contributed by atoms with E-state index < -0.39 is 17.6 Å². The highest BCUT2D eigenvalue weighted by Crippen LogP contribution is 2.31. The fourth-order valence-electron chi connectivity index (χ4n) is 2.45. The first kappa shape index (κ1) is 17.7. The Morgan fingerprint density at radius 1 is 1.08 bits per heavy atom. The van der Waals surface area contributed by atoms with Crippen molar-refractivity contribution in [2.75, 3.05) is 0 Å². The summed E-state index contributed by atoms with van der Waals surface area (Å²) in [4.78, 5) is 26.3. The van der Waals surface area contributed by atoms with Gasteiger partial charge in [0.25, 0.3) is 5.56 Å². The molecular formula is C17H12F4N4O. The minimum atomic E-state index is -4.74. The van der Waals surface area contributed by atoms with Gasteiger partial charge in [-0.1, -0.05) is 6.07 Å². The number of aromatic amines is 1. The quantitative estimate of drug-likeness (QED) is 0.724. The summed E-state index contributed by atoms with van der Waals surface area (Å²) in [6, 6.07) is 5.56. The molecule has 134 valence electrons. The van der Waals surface area contributed by atoms with Gasteiger partial charge in [0, 0.05) is 18.2 Å². The molecule has 0 unspecified atom stereocenters. The van der Waals surface area contributed by atoms with Crippen LogP contribution in [0, 0.1) is 12.7 Å². The van der Waals surface area contributed by atoms with E-state index in [1.807, 2.05) is 0 Å². The minimum absolute atomic E-state index is 0.104. The normalized spacial score (nSPS) is 11.6. The molecule has 0 aliphatic carbocycles. The molecule has 0 radical (unpaired) electrons. The second-order valence-corrected chi connectivity index (χ2v) is 5.60. The zero-order chi connectivity index (χ0) is 18.9. The van der Waals surface area contributed by atoms with Crippen molar-refractivity contribution in [3.05, 3.63) is 75.5 Å². The molecule has 0 aliphatic rings. The molecule has 0 saturated carbocycles. The molecule has 2 heterocycles. The van der Waals surface area contributed by atoms with E-state index in [4.69, 9.17) is 0 Å². The number of nitrogens with one attached hydrogen (secondary N) is 1. The van der Waals surface area contributed by atoms with Gasteiger partial charge in [0.15, 0.2) is 0 Å². The number of halogens is 4. The fourth-order valence-corrected chi connectivity index (χ4v) is 2.45. The van der Waals surface area contributed by atoms with Crippen molar-refractivity contribution in [2.45, 2.75) is 19.5 Å². The number of H-pyrrole nitrogens is 1. The minimum Gasteiger partial charge on any atom is -0.311 e. The molecule has 0 fully saturated rings. The van der Waals surface area contributed by atoms with Gasteiger partial charge in [-0.05, 0) is 30.7 Å². The first-order chi connectivity index (χ1) is 12.2. The monoisotopic (exact) mass is 364 g/mol. The van der Waals surface area contributed by atoms with E-state index in [0.29, 0.717) is 34.5 Å². The van der Waals surface area contributed by atoms with Crippen LogP contribution in [0.25, 0.3) is 11.4 Å². The lowest BCUT2D eigenvalue weighted by Gasteiger charge is -2.09. The lowest BCUT2D eigenvalue weighted by molar-refractivity contribution is -0.140. The van der Waals surface area contributed by atoms with Crippen LogP contribution >= 0.6 is 0 Å².